The van der Waals surface area contributed by atoms with Crippen molar-refractivity contribution in [3.8, 4) is 0 Å². The fraction of sp³-hybridized carbons (Fsp3) is 0.111. The van der Waals surface area contributed by atoms with Gasteiger partial charge >= 0.3 is 0 Å². The minimum absolute atomic E-state index is 0.391. The van der Waals surface area contributed by atoms with Crippen LogP contribution in [0.4, 0.5) is 0 Å². The molecule has 0 N–H and O–H groups in total. The lowest BCUT2D eigenvalue weighted by atomic mass is 9.84. The summed E-state index contributed by atoms with van der Waals surface area (Å²) in [6, 6.07) is 21.5. The summed E-state index contributed by atoms with van der Waals surface area (Å²) in [6.07, 6.45) is 7.71. The molecule has 0 heteroatoms. The third-order valence-corrected chi connectivity index (χ3v) is 3.44. The van der Waals surface area contributed by atoms with Crippen LogP contribution in [0.25, 0.3) is 0 Å². The Kier molecular flexibility index (Phi) is 3.10. The summed E-state index contributed by atoms with van der Waals surface area (Å²) < 4.78 is 0. The Morgan fingerprint density at radius 1 is 0.722 bits per heavy atom. The van der Waals surface area contributed by atoms with Crippen LogP contribution in [0.5, 0.6) is 0 Å². The second kappa shape index (κ2) is 5.05. The number of hydrogen-bond acceptors (Lipinski definition) is 0. The van der Waals surface area contributed by atoms with E-state index < -0.39 is 0 Å². The molecule has 0 saturated heterocycles. The van der Waals surface area contributed by atoms with Gasteiger partial charge in [0.15, 0.2) is 0 Å². The summed E-state index contributed by atoms with van der Waals surface area (Å²) >= 11 is 0. The van der Waals surface area contributed by atoms with E-state index in [1.807, 2.05) is 0 Å². The molecule has 0 aromatic heterocycles. The van der Waals surface area contributed by atoms with Crippen molar-refractivity contribution in [2.45, 2.75) is 12.3 Å². The minimum Gasteiger partial charge on any atom is -0.0804 e. The first-order chi connectivity index (χ1) is 8.95. The summed E-state index contributed by atoms with van der Waals surface area (Å²) in [6.45, 7) is 0. The molecule has 88 valence electrons. The van der Waals surface area contributed by atoms with Crippen molar-refractivity contribution in [1.82, 2.24) is 0 Å². The summed E-state index contributed by atoms with van der Waals surface area (Å²) in [5.41, 5.74) is 4.23. The van der Waals surface area contributed by atoms with Crippen molar-refractivity contribution in [3.05, 3.63) is 95.6 Å². The quantitative estimate of drug-likeness (QED) is 0.719. The molecule has 0 amide bonds. The third kappa shape index (κ3) is 2.14. The number of benzene rings is 2. The Bertz CT molecular complexity index is 522. The standard InChI is InChI=1S/C18H16/c1-3-9-15(10-4-1)18(17-13-7-8-14-17)16-11-5-2-6-12-16/h1-13,18H,14H2. The number of allylic oxidation sites excluding steroid dienone is 4. The van der Waals surface area contributed by atoms with Crippen LogP contribution in [0.1, 0.15) is 23.5 Å². The monoisotopic (exact) mass is 232 g/mol. The Morgan fingerprint density at radius 3 is 1.72 bits per heavy atom. The SMILES string of the molecule is C1=CCC(C(c2ccccc2)c2ccccc2)=C1. The molecule has 0 fully saturated rings. The van der Waals surface area contributed by atoms with Gasteiger partial charge in [0.25, 0.3) is 0 Å². The van der Waals surface area contributed by atoms with E-state index in [1.54, 1.807) is 0 Å². The first-order valence-corrected chi connectivity index (χ1v) is 6.40. The van der Waals surface area contributed by atoms with E-state index in [0.29, 0.717) is 5.92 Å². The van der Waals surface area contributed by atoms with Gasteiger partial charge < -0.3 is 0 Å². The topological polar surface area (TPSA) is 0 Å². The van der Waals surface area contributed by atoms with Crippen molar-refractivity contribution in [2.75, 3.05) is 0 Å². The van der Waals surface area contributed by atoms with Gasteiger partial charge in [0.1, 0.15) is 0 Å². The predicted octanol–water partition coefficient (Wildman–Crippen LogP) is 4.70. The highest BCUT2D eigenvalue weighted by Crippen LogP contribution is 2.35. The zero-order valence-corrected chi connectivity index (χ0v) is 10.3. The van der Waals surface area contributed by atoms with E-state index in [9.17, 15) is 0 Å². The molecule has 1 aliphatic carbocycles. The molecule has 0 heterocycles. The van der Waals surface area contributed by atoms with Crippen LogP contribution < -0.4 is 0 Å². The van der Waals surface area contributed by atoms with Crippen molar-refractivity contribution >= 4 is 0 Å². The maximum atomic E-state index is 2.25. The van der Waals surface area contributed by atoms with Crippen molar-refractivity contribution in [2.24, 2.45) is 0 Å². The maximum Gasteiger partial charge on any atom is 0.0305 e. The van der Waals surface area contributed by atoms with Crippen LogP contribution in [0, 0.1) is 0 Å². The van der Waals surface area contributed by atoms with Crippen molar-refractivity contribution in [3.63, 3.8) is 0 Å². The Hall–Kier alpha value is -2.08. The molecule has 0 spiro atoms. The molecule has 0 nitrogen and oxygen atoms in total. The second-order valence-electron chi connectivity index (χ2n) is 4.63. The first-order valence-electron chi connectivity index (χ1n) is 6.40. The predicted molar refractivity (Wildman–Crippen MR) is 76.6 cm³/mol. The van der Waals surface area contributed by atoms with E-state index >= 15 is 0 Å². The molecule has 1 aliphatic rings. The van der Waals surface area contributed by atoms with E-state index in [2.05, 4.69) is 78.9 Å². The maximum absolute atomic E-state index is 2.25. The normalized spacial score (nSPS) is 13.9. The van der Waals surface area contributed by atoms with Crippen LogP contribution in [-0.4, -0.2) is 0 Å². The average molecular weight is 232 g/mol. The van der Waals surface area contributed by atoms with Gasteiger partial charge in [-0.2, -0.15) is 0 Å². The zero-order chi connectivity index (χ0) is 12.2. The van der Waals surface area contributed by atoms with E-state index in [-0.39, 0.29) is 0 Å². The zero-order valence-electron chi connectivity index (χ0n) is 10.3. The molecule has 18 heavy (non-hydrogen) atoms. The summed E-state index contributed by atoms with van der Waals surface area (Å²) in [5.74, 6) is 0.391. The van der Waals surface area contributed by atoms with Gasteiger partial charge in [-0.3, -0.25) is 0 Å². The summed E-state index contributed by atoms with van der Waals surface area (Å²) in [4.78, 5) is 0. The van der Waals surface area contributed by atoms with Gasteiger partial charge in [-0.25, -0.2) is 0 Å². The molecule has 0 unspecified atom stereocenters. The highest BCUT2D eigenvalue weighted by molar-refractivity contribution is 5.44. The van der Waals surface area contributed by atoms with Crippen molar-refractivity contribution < 1.29 is 0 Å². The third-order valence-electron chi connectivity index (χ3n) is 3.44. The average Bonchev–Trinajstić information content (AvgIpc) is 2.95. The summed E-state index contributed by atoms with van der Waals surface area (Å²) in [7, 11) is 0. The van der Waals surface area contributed by atoms with Crippen LogP contribution in [-0.2, 0) is 0 Å². The van der Waals surface area contributed by atoms with Crippen LogP contribution in [0.3, 0.4) is 0 Å². The first kappa shape index (κ1) is 11.0. The van der Waals surface area contributed by atoms with Crippen LogP contribution >= 0.6 is 0 Å². The molecule has 3 rings (SSSR count). The van der Waals surface area contributed by atoms with E-state index in [1.165, 1.54) is 16.7 Å². The smallest absolute Gasteiger partial charge is 0.0305 e. The molecule has 2 aromatic carbocycles. The molecule has 0 atom stereocenters. The lowest BCUT2D eigenvalue weighted by Gasteiger charge is -2.19. The highest BCUT2D eigenvalue weighted by atomic mass is 14.2. The molecule has 0 saturated carbocycles. The molecular weight excluding hydrogens is 216 g/mol. The lowest BCUT2D eigenvalue weighted by molar-refractivity contribution is 0.919. The van der Waals surface area contributed by atoms with Gasteiger partial charge in [-0.05, 0) is 17.5 Å². The Morgan fingerprint density at radius 2 is 1.28 bits per heavy atom. The highest BCUT2D eigenvalue weighted by Gasteiger charge is 2.18. The van der Waals surface area contributed by atoms with E-state index in [4.69, 9.17) is 0 Å². The molecular formula is C18H16. The number of rotatable bonds is 3. The molecule has 0 bridgehead atoms. The van der Waals surface area contributed by atoms with Gasteiger partial charge in [0, 0.05) is 5.92 Å². The van der Waals surface area contributed by atoms with Crippen LogP contribution in [0.15, 0.2) is 84.5 Å². The second-order valence-corrected chi connectivity index (χ2v) is 4.63. The van der Waals surface area contributed by atoms with Crippen LogP contribution in [0.2, 0.25) is 0 Å². The Labute approximate surface area is 108 Å². The van der Waals surface area contributed by atoms with Gasteiger partial charge in [0.2, 0.25) is 0 Å². The van der Waals surface area contributed by atoms with Gasteiger partial charge in [-0.1, -0.05) is 84.5 Å². The lowest BCUT2D eigenvalue weighted by Crippen LogP contribution is -2.03. The molecule has 0 aliphatic heterocycles. The molecule has 0 radical (unpaired) electrons. The number of hydrogen-bond donors (Lipinski definition) is 0. The van der Waals surface area contributed by atoms with Gasteiger partial charge in [-0.15, -0.1) is 0 Å². The largest absolute Gasteiger partial charge is 0.0804 e. The minimum atomic E-state index is 0.391. The fourth-order valence-electron chi connectivity index (χ4n) is 2.59. The van der Waals surface area contributed by atoms with E-state index in [0.717, 1.165) is 6.42 Å². The summed E-state index contributed by atoms with van der Waals surface area (Å²) in [5, 5.41) is 0. The van der Waals surface area contributed by atoms with Gasteiger partial charge in [0.05, 0.1) is 0 Å². The fourth-order valence-corrected chi connectivity index (χ4v) is 2.59. The molecule has 2 aromatic rings. The van der Waals surface area contributed by atoms with Crippen molar-refractivity contribution in [1.29, 1.82) is 0 Å². The Balaban J connectivity index is 2.05.